The van der Waals surface area contributed by atoms with E-state index >= 15 is 0 Å². The van der Waals surface area contributed by atoms with Crippen molar-refractivity contribution in [2.45, 2.75) is 18.9 Å². The summed E-state index contributed by atoms with van der Waals surface area (Å²) in [6, 6.07) is 2.57. The first-order valence-electron chi connectivity index (χ1n) is 6.22. The van der Waals surface area contributed by atoms with E-state index in [-0.39, 0.29) is 11.9 Å². The van der Waals surface area contributed by atoms with Gasteiger partial charge in [0, 0.05) is 0 Å². The lowest BCUT2D eigenvalue weighted by Crippen LogP contribution is -2.16. The molecule has 8 heteroatoms. The number of hydrogen-bond acceptors (Lipinski definition) is 6. The van der Waals surface area contributed by atoms with Gasteiger partial charge in [-0.1, -0.05) is 5.16 Å². The third-order valence-electron chi connectivity index (χ3n) is 2.99. The summed E-state index contributed by atoms with van der Waals surface area (Å²) in [5.74, 6) is -0.786. The Morgan fingerprint density at radius 2 is 2.40 bits per heavy atom. The molecule has 3 rings (SSSR count). The zero-order chi connectivity index (χ0) is 13.9. The molecule has 0 bridgehead atoms. The zero-order valence-electron chi connectivity index (χ0n) is 10.5. The maximum Gasteiger partial charge on any atom is 0.297 e. The van der Waals surface area contributed by atoms with Crippen LogP contribution >= 0.6 is 0 Å². The van der Waals surface area contributed by atoms with Gasteiger partial charge in [0.15, 0.2) is 0 Å². The van der Waals surface area contributed by atoms with E-state index < -0.39 is 11.9 Å². The van der Waals surface area contributed by atoms with Gasteiger partial charge in [-0.25, -0.2) is 4.98 Å². The molecule has 20 heavy (non-hydrogen) atoms. The largest absolute Gasteiger partial charge is 0.337 e. The summed E-state index contributed by atoms with van der Waals surface area (Å²) in [6.07, 6.45) is 3.16. The first-order valence-corrected chi connectivity index (χ1v) is 6.22. The van der Waals surface area contributed by atoms with Crippen LogP contribution in [-0.4, -0.2) is 27.6 Å². The molecular weight excluding hydrogens is 265 g/mol. The molecule has 104 valence electrons. The molecule has 0 aliphatic carbocycles. The lowest BCUT2D eigenvalue weighted by atomic mass is 10.2. The average molecular weight is 277 g/mol. The molecule has 1 atom stereocenters. The quantitative estimate of drug-likeness (QED) is 0.821. The maximum absolute atomic E-state index is 12.7. The molecule has 1 unspecified atom stereocenters. The molecule has 3 heterocycles. The summed E-state index contributed by atoms with van der Waals surface area (Å²) in [5.41, 5.74) is 0.363. The Hall–Kier alpha value is -2.35. The standard InChI is InChI=1S/C12H12FN5O2/c13-9-4-3-7(6-15-9)16-11(19)10-17-12(20-18-10)8-2-1-5-14-8/h3-4,6,8,14H,1-2,5H2,(H,16,19). The second-order valence-electron chi connectivity index (χ2n) is 4.43. The van der Waals surface area contributed by atoms with Gasteiger partial charge in [-0.15, -0.1) is 0 Å². The number of carbonyl (C=O) groups excluding carboxylic acids is 1. The van der Waals surface area contributed by atoms with E-state index in [9.17, 15) is 9.18 Å². The van der Waals surface area contributed by atoms with Gasteiger partial charge in [-0.3, -0.25) is 4.79 Å². The van der Waals surface area contributed by atoms with Gasteiger partial charge < -0.3 is 15.2 Å². The maximum atomic E-state index is 12.7. The van der Waals surface area contributed by atoms with E-state index in [0.29, 0.717) is 11.6 Å². The summed E-state index contributed by atoms with van der Waals surface area (Å²) < 4.78 is 17.7. The number of anilines is 1. The zero-order valence-corrected chi connectivity index (χ0v) is 10.5. The van der Waals surface area contributed by atoms with E-state index in [0.717, 1.165) is 25.5 Å². The molecule has 0 radical (unpaired) electrons. The molecule has 1 fully saturated rings. The number of pyridine rings is 1. The Kier molecular flexibility index (Phi) is 3.38. The topological polar surface area (TPSA) is 92.9 Å². The molecule has 0 saturated carbocycles. The number of nitrogens with zero attached hydrogens (tertiary/aromatic N) is 3. The van der Waals surface area contributed by atoms with Gasteiger partial charge in [0.2, 0.25) is 11.8 Å². The van der Waals surface area contributed by atoms with Gasteiger partial charge in [0.1, 0.15) is 0 Å². The monoisotopic (exact) mass is 277 g/mol. The van der Waals surface area contributed by atoms with E-state index in [4.69, 9.17) is 4.52 Å². The second kappa shape index (κ2) is 5.33. The Morgan fingerprint density at radius 3 is 3.10 bits per heavy atom. The van der Waals surface area contributed by atoms with Crippen LogP contribution in [-0.2, 0) is 0 Å². The van der Waals surface area contributed by atoms with E-state index in [1.807, 2.05) is 0 Å². The average Bonchev–Trinajstić information content (AvgIpc) is 3.11. The molecule has 0 spiro atoms. The van der Waals surface area contributed by atoms with E-state index in [1.165, 1.54) is 12.3 Å². The highest BCUT2D eigenvalue weighted by atomic mass is 19.1. The minimum Gasteiger partial charge on any atom is -0.337 e. The summed E-state index contributed by atoms with van der Waals surface area (Å²) in [6.45, 7) is 0.899. The van der Waals surface area contributed by atoms with Crippen LogP contribution < -0.4 is 10.6 Å². The molecule has 2 aromatic rings. The molecular formula is C12H12FN5O2. The molecule has 1 saturated heterocycles. The van der Waals surface area contributed by atoms with Crippen molar-refractivity contribution in [1.29, 1.82) is 0 Å². The Balaban J connectivity index is 1.69. The minimum atomic E-state index is -0.614. The highest BCUT2D eigenvalue weighted by Gasteiger charge is 2.24. The fourth-order valence-corrected chi connectivity index (χ4v) is 2.00. The fraction of sp³-hybridized carbons (Fsp3) is 0.333. The second-order valence-corrected chi connectivity index (χ2v) is 4.43. The van der Waals surface area contributed by atoms with Crippen LogP contribution in [0.25, 0.3) is 0 Å². The molecule has 1 aliphatic heterocycles. The lowest BCUT2D eigenvalue weighted by Gasteiger charge is -2.02. The van der Waals surface area contributed by atoms with Gasteiger partial charge >= 0.3 is 0 Å². The number of aromatic nitrogens is 3. The van der Waals surface area contributed by atoms with Crippen LogP contribution in [0.5, 0.6) is 0 Å². The number of halogens is 1. The highest BCUT2D eigenvalue weighted by molar-refractivity contribution is 6.01. The van der Waals surface area contributed by atoms with Crippen molar-refractivity contribution in [3.05, 3.63) is 36.0 Å². The number of nitrogens with one attached hydrogen (secondary N) is 2. The van der Waals surface area contributed by atoms with Crippen molar-refractivity contribution in [2.24, 2.45) is 0 Å². The van der Waals surface area contributed by atoms with Crippen molar-refractivity contribution in [2.75, 3.05) is 11.9 Å². The molecule has 1 aliphatic rings. The molecule has 1 amide bonds. The van der Waals surface area contributed by atoms with Crippen molar-refractivity contribution in [3.63, 3.8) is 0 Å². The van der Waals surface area contributed by atoms with Crippen LogP contribution in [0.1, 0.15) is 35.4 Å². The first kappa shape index (κ1) is 12.7. The van der Waals surface area contributed by atoms with Crippen LogP contribution in [0.4, 0.5) is 10.1 Å². The molecule has 7 nitrogen and oxygen atoms in total. The summed E-state index contributed by atoms with van der Waals surface area (Å²) >= 11 is 0. The van der Waals surface area contributed by atoms with Crippen LogP contribution in [0.2, 0.25) is 0 Å². The van der Waals surface area contributed by atoms with Crippen molar-refractivity contribution >= 4 is 11.6 Å². The van der Waals surface area contributed by atoms with E-state index in [2.05, 4.69) is 25.8 Å². The van der Waals surface area contributed by atoms with Crippen LogP contribution in [0, 0.1) is 5.95 Å². The number of amides is 1. The number of hydrogen-bond donors (Lipinski definition) is 2. The third-order valence-corrected chi connectivity index (χ3v) is 2.99. The van der Waals surface area contributed by atoms with Gasteiger partial charge in [0.25, 0.3) is 11.7 Å². The number of rotatable bonds is 3. The Bertz CT molecular complexity index is 607. The summed E-state index contributed by atoms with van der Waals surface area (Å²) in [7, 11) is 0. The lowest BCUT2D eigenvalue weighted by molar-refractivity contribution is 0.101. The molecule has 2 N–H and O–H groups in total. The SMILES string of the molecule is O=C(Nc1ccc(F)nc1)c1noc(C2CCCN2)n1. The normalized spacial score (nSPS) is 18.1. The fourth-order valence-electron chi connectivity index (χ4n) is 2.00. The smallest absolute Gasteiger partial charge is 0.297 e. The number of carbonyl (C=O) groups is 1. The van der Waals surface area contributed by atoms with Crippen molar-refractivity contribution in [1.82, 2.24) is 20.4 Å². The third kappa shape index (κ3) is 2.64. The Labute approximate surface area is 113 Å². The minimum absolute atomic E-state index is 0.0107. The predicted octanol–water partition coefficient (Wildman–Crippen LogP) is 1.28. The van der Waals surface area contributed by atoms with Crippen molar-refractivity contribution in [3.8, 4) is 0 Å². The Morgan fingerprint density at radius 1 is 1.50 bits per heavy atom. The predicted molar refractivity (Wildman–Crippen MR) is 66.4 cm³/mol. The van der Waals surface area contributed by atoms with Gasteiger partial charge in [-0.2, -0.15) is 9.37 Å². The van der Waals surface area contributed by atoms with Crippen LogP contribution in [0.3, 0.4) is 0 Å². The molecule has 0 aromatic carbocycles. The van der Waals surface area contributed by atoms with E-state index in [1.54, 1.807) is 0 Å². The summed E-state index contributed by atoms with van der Waals surface area (Å²) in [5, 5.41) is 9.36. The van der Waals surface area contributed by atoms with Gasteiger partial charge in [0.05, 0.1) is 17.9 Å². The summed E-state index contributed by atoms with van der Waals surface area (Å²) in [4.78, 5) is 19.4. The van der Waals surface area contributed by atoms with Crippen molar-refractivity contribution < 1.29 is 13.7 Å². The highest BCUT2D eigenvalue weighted by Crippen LogP contribution is 2.21. The van der Waals surface area contributed by atoms with Crippen LogP contribution in [0.15, 0.2) is 22.9 Å². The molecule has 2 aromatic heterocycles. The van der Waals surface area contributed by atoms with Gasteiger partial charge in [-0.05, 0) is 31.5 Å². The first-order chi connectivity index (χ1) is 9.72.